The van der Waals surface area contributed by atoms with Crippen molar-refractivity contribution in [3.05, 3.63) is 30.1 Å². The maximum absolute atomic E-state index is 12.4. The van der Waals surface area contributed by atoms with Crippen LogP contribution >= 0.6 is 0 Å². The van der Waals surface area contributed by atoms with Crippen LogP contribution in [0.25, 0.3) is 0 Å². The number of rotatable bonds is 5. The van der Waals surface area contributed by atoms with Gasteiger partial charge in [-0.25, -0.2) is 0 Å². The van der Waals surface area contributed by atoms with Gasteiger partial charge in [0.25, 0.3) is 5.91 Å². The summed E-state index contributed by atoms with van der Waals surface area (Å²) in [7, 11) is 0. The minimum atomic E-state index is 0.0960. The summed E-state index contributed by atoms with van der Waals surface area (Å²) in [5.41, 5.74) is 0.684. The maximum Gasteiger partial charge on any atom is 0.255 e. The molecule has 2 heterocycles. The lowest BCUT2D eigenvalue weighted by Gasteiger charge is -2.25. The van der Waals surface area contributed by atoms with Gasteiger partial charge in [0.15, 0.2) is 0 Å². The fraction of sp³-hybridized carbons (Fsp3) is 0.571. The van der Waals surface area contributed by atoms with Crippen LogP contribution in [0.4, 0.5) is 0 Å². The van der Waals surface area contributed by atoms with Crippen LogP contribution in [-0.2, 0) is 0 Å². The monoisotopic (exact) mass is 247 g/mol. The van der Waals surface area contributed by atoms with Gasteiger partial charge in [0.05, 0.1) is 5.56 Å². The zero-order valence-electron chi connectivity index (χ0n) is 10.9. The molecule has 1 saturated heterocycles. The molecule has 1 unspecified atom stereocenters. The van der Waals surface area contributed by atoms with E-state index in [0.717, 1.165) is 26.1 Å². The van der Waals surface area contributed by atoms with Gasteiger partial charge in [-0.05, 0) is 37.9 Å². The van der Waals surface area contributed by atoms with Crippen LogP contribution < -0.4 is 5.32 Å². The van der Waals surface area contributed by atoms with Crippen LogP contribution in [0.3, 0.4) is 0 Å². The summed E-state index contributed by atoms with van der Waals surface area (Å²) in [5.74, 6) is 0.0960. The van der Waals surface area contributed by atoms with E-state index in [1.165, 1.54) is 12.8 Å². The molecule has 1 aliphatic heterocycles. The Labute approximate surface area is 108 Å². The van der Waals surface area contributed by atoms with Crippen LogP contribution in [0.1, 0.15) is 36.5 Å². The van der Waals surface area contributed by atoms with E-state index < -0.39 is 0 Å². The minimum Gasteiger partial charge on any atom is -0.337 e. The average molecular weight is 247 g/mol. The van der Waals surface area contributed by atoms with Crippen molar-refractivity contribution in [1.29, 1.82) is 0 Å². The van der Waals surface area contributed by atoms with Crippen LogP contribution in [0.15, 0.2) is 24.5 Å². The topological polar surface area (TPSA) is 45.2 Å². The van der Waals surface area contributed by atoms with Crippen molar-refractivity contribution >= 4 is 5.91 Å². The molecule has 0 radical (unpaired) electrons. The number of aromatic nitrogens is 1. The quantitative estimate of drug-likeness (QED) is 0.861. The molecule has 1 aromatic heterocycles. The van der Waals surface area contributed by atoms with E-state index >= 15 is 0 Å². The average Bonchev–Trinajstić information content (AvgIpc) is 2.91. The van der Waals surface area contributed by atoms with Crippen molar-refractivity contribution in [1.82, 2.24) is 15.2 Å². The highest BCUT2D eigenvalue weighted by Gasteiger charge is 2.21. The van der Waals surface area contributed by atoms with E-state index in [-0.39, 0.29) is 5.91 Å². The smallest absolute Gasteiger partial charge is 0.255 e. The molecule has 1 atom stereocenters. The fourth-order valence-corrected chi connectivity index (χ4v) is 2.40. The lowest BCUT2D eigenvalue weighted by atomic mass is 10.2. The molecule has 0 bridgehead atoms. The Morgan fingerprint density at radius 2 is 2.50 bits per heavy atom. The molecule has 2 rings (SSSR count). The standard InChI is InChI=1S/C14H21N3O/c1-2-9-17(11-13-6-4-8-16-13)14(18)12-5-3-7-15-10-12/h3,5,7,10,13,16H,2,4,6,8-9,11H2,1H3. The molecule has 0 aromatic carbocycles. The molecular formula is C14H21N3O. The first-order chi connectivity index (χ1) is 8.81. The largest absolute Gasteiger partial charge is 0.337 e. The number of nitrogens with one attached hydrogen (secondary N) is 1. The minimum absolute atomic E-state index is 0.0960. The molecule has 4 heteroatoms. The summed E-state index contributed by atoms with van der Waals surface area (Å²) in [5, 5.41) is 3.44. The van der Waals surface area contributed by atoms with Crippen molar-refractivity contribution in [3.8, 4) is 0 Å². The van der Waals surface area contributed by atoms with E-state index in [4.69, 9.17) is 0 Å². The molecule has 0 saturated carbocycles. The third kappa shape index (κ3) is 3.29. The van der Waals surface area contributed by atoms with E-state index in [9.17, 15) is 4.79 Å². The van der Waals surface area contributed by atoms with E-state index in [1.54, 1.807) is 12.4 Å². The number of amides is 1. The van der Waals surface area contributed by atoms with Gasteiger partial charge in [0, 0.05) is 31.5 Å². The van der Waals surface area contributed by atoms with E-state index in [2.05, 4.69) is 17.2 Å². The molecule has 1 N–H and O–H groups in total. The van der Waals surface area contributed by atoms with Crippen LogP contribution in [0, 0.1) is 0 Å². The third-order valence-electron chi connectivity index (χ3n) is 3.29. The van der Waals surface area contributed by atoms with Gasteiger partial charge in [-0.2, -0.15) is 0 Å². The second kappa shape index (κ2) is 6.50. The molecule has 1 fully saturated rings. The number of carbonyl (C=O) groups excluding carboxylic acids is 1. The maximum atomic E-state index is 12.4. The van der Waals surface area contributed by atoms with Crippen molar-refractivity contribution in [2.45, 2.75) is 32.2 Å². The highest BCUT2D eigenvalue weighted by atomic mass is 16.2. The summed E-state index contributed by atoms with van der Waals surface area (Å²) < 4.78 is 0. The van der Waals surface area contributed by atoms with Gasteiger partial charge >= 0.3 is 0 Å². The molecule has 1 aliphatic rings. The number of hydrogen-bond donors (Lipinski definition) is 1. The lowest BCUT2D eigenvalue weighted by molar-refractivity contribution is 0.0741. The highest BCUT2D eigenvalue weighted by molar-refractivity contribution is 5.93. The van der Waals surface area contributed by atoms with Crippen LogP contribution in [0.2, 0.25) is 0 Å². The normalized spacial score (nSPS) is 18.8. The predicted molar refractivity (Wildman–Crippen MR) is 71.5 cm³/mol. The Morgan fingerprint density at radius 1 is 1.61 bits per heavy atom. The van der Waals surface area contributed by atoms with Crippen molar-refractivity contribution in [2.24, 2.45) is 0 Å². The summed E-state index contributed by atoms with van der Waals surface area (Å²) in [6.45, 7) is 4.80. The van der Waals surface area contributed by atoms with Crippen molar-refractivity contribution in [2.75, 3.05) is 19.6 Å². The number of pyridine rings is 1. The first-order valence-electron chi connectivity index (χ1n) is 6.74. The van der Waals surface area contributed by atoms with Gasteiger partial charge < -0.3 is 10.2 Å². The fourth-order valence-electron chi connectivity index (χ4n) is 2.40. The first-order valence-corrected chi connectivity index (χ1v) is 6.74. The summed E-state index contributed by atoms with van der Waals surface area (Å²) >= 11 is 0. The highest BCUT2D eigenvalue weighted by Crippen LogP contribution is 2.10. The van der Waals surface area contributed by atoms with Crippen LogP contribution in [0.5, 0.6) is 0 Å². The molecule has 1 amide bonds. The third-order valence-corrected chi connectivity index (χ3v) is 3.29. The van der Waals surface area contributed by atoms with Gasteiger partial charge in [-0.15, -0.1) is 0 Å². The molecule has 4 nitrogen and oxygen atoms in total. The summed E-state index contributed by atoms with van der Waals surface area (Å²) in [6, 6.07) is 4.10. The Bertz CT molecular complexity index is 374. The molecule has 98 valence electrons. The Kier molecular flexibility index (Phi) is 4.70. The SMILES string of the molecule is CCCN(CC1CCCN1)C(=O)c1cccnc1. The Balaban J connectivity index is 2.02. The second-order valence-corrected chi connectivity index (χ2v) is 4.79. The molecular weight excluding hydrogens is 226 g/mol. The zero-order valence-corrected chi connectivity index (χ0v) is 10.9. The van der Waals surface area contributed by atoms with Gasteiger partial charge in [0.1, 0.15) is 0 Å². The number of hydrogen-bond acceptors (Lipinski definition) is 3. The van der Waals surface area contributed by atoms with Gasteiger partial charge in [-0.1, -0.05) is 6.92 Å². The van der Waals surface area contributed by atoms with Gasteiger partial charge in [-0.3, -0.25) is 9.78 Å². The van der Waals surface area contributed by atoms with E-state index in [1.807, 2.05) is 17.0 Å². The number of carbonyl (C=O) groups is 1. The lowest BCUT2D eigenvalue weighted by Crippen LogP contribution is -2.41. The second-order valence-electron chi connectivity index (χ2n) is 4.79. The Morgan fingerprint density at radius 3 is 3.11 bits per heavy atom. The zero-order chi connectivity index (χ0) is 12.8. The first kappa shape index (κ1) is 13.0. The molecule has 0 spiro atoms. The van der Waals surface area contributed by atoms with Crippen LogP contribution in [-0.4, -0.2) is 41.5 Å². The number of nitrogens with zero attached hydrogens (tertiary/aromatic N) is 2. The van der Waals surface area contributed by atoms with E-state index in [0.29, 0.717) is 11.6 Å². The van der Waals surface area contributed by atoms with Gasteiger partial charge in [0.2, 0.25) is 0 Å². The Hall–Kier alpha value is -1.42. The molecule has 0 aliphatic carbocycles. The van der Waals surface area contributed by atoms with Crippen molar-refractivity contribution < 1.29 is 4.79 Å². The van der Waals surface area contributed by atoms with Crippen molar-refractivity contribution in [3.63, 3.8) is 0 Å². The molecule has 1 aromatic rings. The summed E-state index contributed by atoms with van der Waals surface area (Å²) in [6.07, 6.45) is 6.71. The predicted octanol–water partition coefficient (Wildman–Crippen LogP) is 1.69. The summed E-state index contributed by atoms with van der Waals surface area (Å²) in [4.78, 5) is 18.3. The molecule has 18 heavy (non-hydrogen) atoms.